The Hall–Kier alpha value is -1.99. The first-order chi connectivity index (χ1) is 10.9. The van der Waals surface area contributed by atoms with Crippen LogP contribution in [0, 0.1) is 5.82 Å². The van der Waals surface area contributed by atoms with Crippen molar-refractivity contribution in [1.29, 1.82) is 0 Å². The molecule has 0 bridgehead atoms. The highest BCUT2D eigenvalue weighted by molar-refractivity contribution is 7.89. The van der Waals surface area contributed by atoms with Gasteiger partial charge >= 0.3 is 0 Å². The van der Waals surface area contributed by atoms with Crippen molar-refractivity contribution >= 4 is 26.7 Å². The molecule has 1 atom stereocenters. The van der Waals surface area contributed by atoms with Crippen LogP contribution in [0.5, 0.6) is 0 Å². The maximum atomic E-state index is 13.9. The Labute approximate surface area is 133 Å². The summed E-state index contributed by atoms with van der Waals surface area (Å²) in [5.74, 6) is -0.687. The Kier molecular flexibility index (Phi) is 4.08. The molecule has 1 saturated heterocycles. The van der Waals surface area contributed by atoms with E-state index in [1.807, 2.05) is 0 Å². The van der Waals surface area contributed by atoms with E-state index in [2.05, 4.69) is 0 Å². The smallest absolute Gasteiger partial charge is 0.254 e. The van der Waals surface area contributed by atoms with Crippen LogP contribution in [0.3, 0.4) is 0 Å². The van der Waals surface area contributed by atoms with E-state index in [1.54, 1.807) is 24.3 Å². The van der Waals surface area contributed by atoms with Crippen LogP contribution in [-0.4, -0.2) is 37.6 Å². The van der Waals surface area contributed by atoms with Crippen molar-refractivity contribution in [2.24, 2.45) is 5.14 Å². The van der Waals surface area contributed by atoms with Gasteiger partial charge in [0.2, 0.25) is 10.0 Å². The van der Waals surface area contributed by atoms with Crippen molar-refractivity contribution in [3.05, 3.63) is 47.8 Å². The molecule has 1 aliphatic heterocycles. The quantitative estimate of drug-likeness (QED) is 0.909. The summed E-state index contributed by atoms with van der Waals surface area (Å²) in [5.41, 5.74) is 0.372. The number of hydrogen-bond acceptors (Lipinski definition) is 3. The fourth-order valence-electron chi connectivity index (χ4n) is 3.01. The number of hydrogen-bond donors (Lipinski definition) is 1. The number of nitrogens with zero attached hydrogens (tertiary/aromatic N) is 1. The number of halogens is 1. The van der Waals surface area contributed by atoms with Gasteiger partial charge in [-0.15, -0.1) is 0 Å². The summed E-state index contributed by atoms with van der Waals surface area (Å²) in [6.07, 6.45) is 1.03. The fourth-order valence-corrected chi connectivity index (χ4v) is 3.89. The molecule has 23 heavy (non-hydrogen) atoms. The molecular weight excluding hydrogens is 319 g/mol. The first-order valence-electron chi connectivity index (χ1n) is 7.36. The zero-order chi connectivity index (χ0) is 16.6. The Bertz CT molecular complexity index is 867. The summed E-state index contributed by atoms with van der Waals surface area (Å²) < 4.78 is 36.9. The molecule has 1 unspecified atom stereocenters. The molecular formula is C16H17FN2O3S. The Morgan fingerprint density at radius 2 is 1.87 bits per heavy atom. The zero-order valence-electron chi connectivity index (χ0n) is 12.4. The number of fused-ring (bicyclic) bond motifs is 1. The van der Waals surface area contributed by atoms with Gasteiger partial charge in [0, 0.05) is 24.0 Å². The van der Waals surface area contributed by atoms with E-state index >= 15 is 0 Å². The summed E-state index contributed by atoms with van der Waals surface area (Å²) in [7, 11) is -3.68. The fraction of sp³-hybridized carbons (Fsp3) is 0.312. The van der Waals surface area contributed by atoms with Crippen molar-refractivity contribution in [1.82, 2.24) is 4.90 Å². The van der Waals surface area contributed by atoms with Gasteiger partial charge in [-0.3, -0.25) is 4.79 Å². The standard InChI is InChI=1S/C16H17FN2O3S/c17-15-8-7-14(12-5-1-2-6-13(12)15)16(20)19-9-3-4-11(10-19)23(18,21)22/h1-2,5-8,11H,3-4,9-10H2,(H2,18,21,22). The molecule has 2 aromatic rings. The van der Waals surface area contributed by atoms with E-state index in [-0.39, 0.29) is 12.5 Å². The molecule has 0 spiro atoms. The molecule has 122 valence electrons. The van der Waals surface area contributed by atoms with Crippen LogP contribution in [0.4, 0.5) is 4.39 Å². The van der Waals surface area contributed by atoms with E-state index in [0.717, 1.165) is 0 Å². The van der Waals surface area contributed by atoms with E-state index < -0.39 is 21.1 Å². The minimum absolute atomic E-state index is 0.0728. The second-order valence-corrected chi connectivity index (χ2v) is 7.59. The van der Waals surface area contributed by atoms with E-state index in [1.165, 1.54) is 17.0 Å². The Balaban J connectivity index is 1.96. The lowest BCUT2D eigenvalue weighted by Gasteiger charge is -2.31. The number of likely N-dealkylation sites (tertiary alicyclic amines) is 1. The van der Waals surface area contributed by atoms with Gasteiger partial charge in [-0.1, -0.05) is 24.3 Å². The molecule has 3 rings (SSSR count). The molecule has 1 fully saturated rings. The summed E-state index contributed by atoms with van der Waals surface area (Å²) >= 11 is 0. The number of amides is 1. The van der Waals surface area contributed by atoms with Gasteiger partial charge in [-0.25, -0.2) is 17.9 Å². The Morgan fingerprint density at radius 3 is 2.57 bits per heavy atom. The van der Waals surface area contributed by atoms with Gasteiger partial charge in [0.15, 0.2) is 0 Å². The number of primary sulfonamides is 1. The van der Waals surface area contributed by atoms with Gasteiger partial charge in [0.25, 0.3) is 5.91 Å². The average Bonchev–Trinajstić information content (AvgIpc) is 2.54. The molecule has 1 aliphatic rings. The first kappa shape index (κ1) is 15.9. The predicted octanol–water partition coefficient (Wildman–Crippen LogP) is 1.87. The number of piperidine rings is 1. The van der Waals surface area contributed by atoms with E-state index in [4.69, 9.17) is 5.14 Å². The average molecular weight is 336 g/mol. The number of rotatable bonds is 2. The van der Waals surface area contributed by atoms with Crippen molar-refractivity contribution in [3.63, 3.8) is 0 Å². The van der Waals surface area contributed by atoms with Crippen LogP contribution >= 0.6 is 0 Å². The summed E-state index contributed by atoms with van der Waals surface area (Å²) in [4.78, 5) is 14.2. The monoisotopic (exact) mass is 336 g/mol. The summed E-state index contributed by atoms with van der Waals surface area (Å²) in [6.45, 7) is 0.542. The molecule has 7 heteroatoms. The highest BCUT2D eigenvalue weighted by atomic mass is 32.2. The normalized spacial score (nSPS) is 19.0. The lowest BCUT2D eigenvalue weighted by atomic mass is 10.0. The van der Waals surface area contributed by atoms with Crippen LogP contribution in [0.25, 0.3) is 10.8 Å². The molecule has 0 aliphatic carbocycles. The molecule has 1 amide bonds. The number of benzene rings is 2. The summed E-state index contributed by atoms with van der Waals surface area (Å²) in [5, 5.41) is 5.36. The van der Waals surface area contributed by atoms with Crippen LogP contribution in [-0.2, 0) is 10.0 Å². The van der Waals surface area contributed by atoms with Gasteiger partial charge in [0.1, 0.15) is 5.82 Å². The van der Waals surface area contributed by atoms with E-state index in [9.17, 15) is 17.6 Å². The largest absolute Gasteiger partial charge is 0.337 e. The van der Waals surface area contributed by atoms with Crippen LogP contribution in [0.2, 0.25) is 0 Å². The maximum absolute atomic E-state index is 13.9. The summed E-state index contributed by atoms with van der Waals surface area (Å²) in [6, 6.07) is 9.45. The second-order valence-electron chi connectivity index (χ2n) is 5.74. The lowest BCUT2D eigenvalue weighted by Crippen LogP contribution is -2.47. The highest BCUT2D eigenvalue weighted by Crippen LogP contribution is 2.25. The number of sulfonamides is 1. The first-order valence-corrected chi connectivity index (χ1v) is 8.97. The third-order valence-electron chi connectivity index (χ3n) is 4.23. The van der Waals surface area contributed by atoms with Gasteiger partial charge in [0.05, 0.1) is 5.25 Å². The minimum Gasteiger partial charge on any atom is -0.337 e. The minimum atomic E-state index is -3.68. The zero-order valence-corrected chi connectivity index (χ0v) is 13.2. The van der Waals surface area contributed by atoms with Gasteiger partial charge in [-0.05, 0) is 30.4 Å². The second kappa shape index (κ2) is 5.90. The van der Waals surface area contributed by atoms with Gasteiger partial charge < -0.3 is 4.90 Å². The number of carbonyl (C=O) groups excluding carboxylic acids is 1. The molecule has 5 nitrogen and oxygen atoms in total. The molecule has 0 aromatic heterocycles. The molecule has 0 radical (unpaired) electrons. The van der Waals surface area contributed by atoms with Crippen molar-refractivity contribution in [3.8, 4) is 0 Å². The Morgan fingerprint density at radius 1 is 1.17 bits per heavy atom. The van der Waals surface area contributed by atoms with E-state index in [0.29, 0.717) is 35.7 Å². The molecule has 2 aromatic carbocycles. The highest BCUT2D eigenvalue weighted by Gasteiger charge is 2.31. The maximum Gasteiger partial charge on any atom is 0.254 e. The third kappa shape index (κ3) is 3.07. The number of nitrogens with two attached hydrogens (primary N) is 1. The number of carbonyl (C=O) groups is 1. The topological polar surface area (TPSA) is 80.5 Å². The molecule has 2 N–H and O–H groups in total. The third-order valence-corrected chi connectivity index (χ3v) is 5.55. The predicted molar refractivity (Wildman–Crippen MR) is 85.9 cm³/mol. The molecule has 0 saturated carbocycles. The lowest BCUT2D eigenvalue weighted by molar-refractivity contribution is 0.0729. The molecule has 1 heterocycles. The van der Waals surface area contributed by atoms with Crippen LogP contribution in [0.15, 0.2) is 36.4 Å². The van der Waals surface area contributed by atoms with Crippen molar-refractivity contribution in [2.45, 2.75) is 18.1 Å². The van der Waals surface area contributed by atoms with Crippen LogP contribution < -0.4 is 5.14 Å². The van der Waals surface area contributed by atoms with Crippen LogP contribution in [0.1, 0.15) is 23.2 Å². The van der Waals surface area contributed by atoms with Crippen molar-refractivity contribution < 1.29 is 17.6 Å². The SMILES string of the molecule is NS(=O)(=O)C1CCCN(C(=O)c2ccc(F)c3ccccc23)C1. The van der Waals surface area contributed by atoms with Gasteiger partial charge in [-0.2, -0.15) is 0 Å². The van der Waals surface area contributed by atoms with Crippen molar-refractivity contribution in [2.75, 3.05) is 13.1 Å².